The van der Waals surface area contributed by atoms with Crippen molar-refractivity contribution in [2.45, 2.75) is 43.2 Å². The minimum Gasteiger partial charge on any atom is -0.504 e. The zero-order valence-corrected chi connectivity index (χ0v) is 24.5. The second-order valence-electron chi connectivity index (χ2n) is 10.5. The fourth-order valence-electron chi connectivity index (χ4n) is 4.52. The Morgan fingerprint density at radius 3 is 2.04 bits per heavy atom. The molecule has 1 aliphatic heterocycles. The molecular weight excluding hydrogens is 640 g/mol. The van der Waals surface area contributed by atoms with Crippen LogP contribution >= 0.6 is 0 Å². The van der Waals surface area contributed by atoms with E-state index < -0.39 is 89.9 Å². The molecule has 16 nitrogen and oxygen atoms in total. The Hall–Kier alpha value is -5.81. The number of ether oxygens (including phenoxy) is 3. The highest BCUT2D eigenvalue weighted by molar-refractivity contribution is 5.91. The topological polar surface area (TPSA) is 281 Å². The zero-order chi connectivity index (χ0) is 35.3. The summed E-state index contributed by atoms with van der Waals surface area (Å²) in [5, 5.41) is 98.7. The van der Waals surface area contributed by atoms with Crippen molar-refractivity contribution in [1.82, 2.24) is 0 Å². The fourth-order valence-corrected chi connectivity index (χ4v) is 4.52. The molecule has 1 aliphatic rings. The summed E-state index contributed by atoms with van der Waals surface area (Å²) in [5.74, 6) is -7.22. The van der Waals surface area contributed by atoms with Crippen molar-refractivity contribution in [1.29, 1.82) is 0 Å². The van der Waals surface area contributed by atoms with E-state index in [-0.39, 0.29) is 22.4 Å². The number of aliphatic hydroxyl groups excluding tert-OH is 3. The SMILES string of the molecule is O=C(/C=C/c1ccc(O)c(O)c1/C=C/c1ccc(O)c(O)c1)OC(Cc1ccc(O)c(O)c1)C(=O)O[C@H]1O[C@H](C(=O)O)[C@@H](O)[C@H](O)[C@H]1O. The number of carbonyl (C=O) groups is 3. The summed E-state index contributed by atoms with van der Waals surface area (Å²) < 4.78 is 15.2. The highest BCUT2D eigenvalue weighted by atomic mass is 16.7. The van der Waals surface area contributed by atoms with Gasteiger partial charge in [0.1, 0.15) is 18.3 Å². The minimum absolute atomic E-state index is 0.0132. The van der Waals surface area contributed by atoms with Gasteiger partial charge in [-0.2, -0.15) is 0 Å². The molecule has 6 atom stereocenters. The lowest BCUT2D eigenvalue weighted by Crippen LogP contribution is -2.61. The van der Waals surface area contributed by atoms with E-state index in [9.17, 15) is 65.4 Å². The molecule has 1 heterocycles. The van der Waals surface area contributed by atoms with Crippen LogP contribution in [0.5, 0.6) is 34.5 Å². The van der Waals surface area contributed by atoms with Gasteiger partial charge in [0, 0.05) is 18.1 Å². The van der Waals surface area contributed by atoms with Crippen molar-refractivity contribution in [2.75, 3.05) is 0 Å². The normalized spacial score (nSPS) is 21.6. The standard InChI is InChI=1S/C32H30O16/c33-18-7-2-14(11-21(18)36)1-6-17-16(4-9-20(35)25(17)39)5-10-24(38)46-23(13-15-3-8-19(34)22(37)12-15)31(45)48-32-28(42)26(40)27(41)29(47-32)30(43)44/h1-12,23,26-29,32-37,39-42H,13H2,(H,43,44)/b6-1+,10-5+/t23?,26-,27-,28+,29-,32+/m0/s1. The monoisotopic (exact) mass is 670 g/mol. The van der Waals surface area contributed by atoms with Crippen LogP contribution in [0.3, 0.4) is 0 Å². The first kappa shape index (κ1) is 35.1. The Kier molecular flexibility index (Phi) is 10.8. The molecule has 0 amide bonds. The van der Waals surface area contributed by atoms with Crippen molar-refractivity contribution in [3.05, 3.63) is 76.9 Å². The average Bonchev–Trinajstić information content (AvgIpc) is 3.04. The van der Waals surface area contributed by atoms with Crippen LogP contribution in [0.2, 0.25) is 0 Å². The van der Waals surface area contributed by atoms with Gasteiger partial charge in [0.25, 0.3) is 0 Å². The number of benzene rings is 3. The molecule has 0 aromatic heterocycles. The molecule has 1 fully saturated rings. The van der Waals surface area contributed by atoms with Crippen LogP contribution in [0.25, 0.3) is 18.2 Å². The maximum absolute atomic E-state index is 13.2. The van der Waals surface area contributed by atoms with Gasteiger partial charge < -0.3 is 65.3 Å². The molecule has 0 bridgehead atoms. The predicted molar refractivity (Wildman–Crippen MR) is 161 cm³/mol. The summed E-state index contributed by atoms with van der Waals surface area (Å²) >= 11 is 0. The van der Waals surface area contributed by atoms with E-state index in [0.29, 0.717) is 5.56 Å². The Morgan fingerprint density at radius 1 is 0.750 bits per heavy atom. The number of aromatic hydroxyl groups is 6. The number of aliphatic hydroxyl groups is 3. The molecule has 3 aromatic carbocycles. The minimum atomic E-state index is -2.12. The van der Waals surface area contributed by atoms with E-state index in [0.717, 1.165) is 30.4 Å². The van der Waals surface area contributed by atoms with E-state index >= 15 is 0 Å². The molecule has 4 rings (SSSR count). The van der Waals surface area contributed by atoms with Crippen molar-refractivity contribution < 1.29 is 79.7 Å². The Bertz CT molecular complexity index is 1750. The van der Waals surface area contributed by atoms with Crippen LogP contribution in [0.15, 0.2) is 54.6 Å². The number of rotatable bonds is 10. The molecular formula is C32H30O16. The summed E-state index contributed by atoms with van der Waals surface area (Å²) in [7, 11) is 0. The third-order valence-corrected chi connectivity index (χ3v) is 7.10. The van der Waals surface area contributed by atoms with Crippen molar-refractivity contribution in [3.63, 3.8) is 0 Å². The van der Waals surface area contributed by atoms with E-state index in [1.807, 2.05) is 0 Å². The summed E-state index contributed by atoms with van der Waals surface area (Å²) in [5.41, 5.74) is 0.714. The lowest BCUT2D eigenvalue weighted by Gasteiger charge is -2.38. The molecule has 0 saturated carbocycles. The first-order valence-electron chi connectivity index (χ1n) is 13.9. The molecule has 10 N–H and O–H groups in total. The fraction of sp³-hybridized carbons (Fsp3) is 0.219. The molecule has 3 aromatic rings. The highest BCUT2D eigenvalue weighted by Gasteiger charge is 2.49. The molecule has 1 saturated heterocycles. The van der Waals surface area contributed by atoms with Crippen LogP contribution in [-0.2, 0) is 35.0 Å². The number of esters is 2. The van der Waals surface area contributed by atoms with Gasteiger partial charge >= 0.3 is 17.9 Å². The summed E-state index contributed by atoms with van der Waals surface area (Å²) in [4.78, 5) is 37.5. The zero-order valence-electron chi connectivity index (χ0n) is 24.5. The van der Waals surface area contributed by atoms with Crippen LogP contribution in [0, 0.1) is 0 Å². The molecule has 0 aliphatic carbocycles. The number of hydrogen-bond donors (Lipinski definition) is 10. The van der Waals surface area contributed by atoms with E-state index in [2.05, 4.69) is 0 Å². The van der Waals surface area contributed by atoms with Gasteiger partial charge in [-0.25, -0.2) is 14.4 Å². The van der Waals surface area contributed by atoms with Crippen molar-refractivity contribution >= 4 is 36.1 Å². The third kappa shape index (κ3) is 8.12. The Labute approximate surface area is 270 Å². The van der Waals surface area contributed by atoms with Gasteiger partial charge in [-0.15, -0.1) is 0 Å². The van der Waals surface area contributed by atoms with Gasteiger partial charge in [-0.05, 0) is 59.2 Å². The maximum atomic E-state index is 13.2. The average molecular weight is 671 g/mol. The van der Waals surface area contributed by atoms with Gasteiger partial charge in [-0.1, -0.05) is 24.3 Å². The van der Waals surface area contributed by atoms with E-state index in [4.69, 9.17) is 14.2 Å². The number of phenols is 6. The largest absolute Gasteiger partial charge is 0.504 e. The quantitative estimate of drug-likeness (QED) is 0.0615. The first-order valence-corrected chi connectivity index (χ1v) is 13.9. The van der Waals surface area contributed by atoms with E-state index in [1.54, 1.807) is 0 Å². The van der Waals surface area contributed by atoms with Crippen LogP contribution in [-0.4, -0.2) is 106 Å². The number of carboxylic acid groups (broad SMARTS) is 1. The van der Waals surface area contributed by atoms with Crippen LogP contribution in [0.4, 0.5) is 0 Å². The number of carboxylic acids is 1. The smallest absolute Gasteiger partial charge is 0.350 e. The Morgan fingerprint density at radius 2 is 1.40 bits per heavy atom. The number of hydrogen-bond acceptors (Lipinski definition) is 15. The lowest BCUT2D eigenvalue weighted by molar-refractivity contribution is -0.288. The third-order valence-electron chi connectivity index (χ3n) is 7.10. The van der Waals surface area contributed by atoms with Gasteiger partial charge in [0.2, 0.25) is 12.4 Å². The molecule has 1 unspecified atom stereocenters. The van der Waals surface area contributed by atoms with E-state index in [1.165, 1.54) is 42.5 Å². The second kappa shape index (κ2) is 14.7. The molecule has 254 valence electrons. The predicted octanol–water partition coefficient (Wildman–Crippen LogP) is 0.694. The molecule has 16 heteroatoms. The summed E-state index contributed by atoms with van der Waals surface area (Å²) in [6.07, 6.45) is -8.06. The van der Waals surface area contributed by atoms with Crippen molar-refractivity contribution in [2.24, 2.45) is 0 Å². The van der Waals surface area contributed by atoms with Gasteiger partial charge in [0.05, 0.1) is 0 Å². The van der Waals surface area contributed by atoms with Gasteiger partial charge in [0.15, 0.2) is 40.6 Å². The molecule has 0 spiro atoms. The molecule has 0 radical (unpaired) electrons. The van der Waals surface area contributed by atoms with Gasteiger partial charge in [-0.3, -0.25) is 0 Å². The number of carbonyl (C=O) groups excluding carboxylic acids is 2. The number of aliphatic carboxylic acids is 1. The second-order valence-corrected chi connectivity index (χ2v) is 10.5. The first-order chi connectivity index (χ1) is 22.7. The van der Waals surface area contributed by atoms with Crippen LogP contribution < -0.4 is 0 Å². The lowest BCUT2D eigenvalue weighted by atomic mass is 9.99. The van der Waals surface area contributed by atoms with Crippen molar-refractivity contribution in [3.8, 4) is 34.5 Å². The van der Waals surface area contributed by atoms with Crippen LogP contribution in [0.1, 0.15) is 22.3 Å². The number of phenolic OH excluding ortho intramolecular Hbond substituents is 6. The maximum Gasteiger partial charge on any atom is 0.350 e. The Balaban J connectivity index is 1.58. The highest BCUT2D eigenvalue weighted by Crippen LogP contribution is 2.34. The summed E-state index contributed by atoms with van der Waals surface area (Å²) in [6.45, 7) is 0. The molecule has 48 heavy (non-hydrogen) atoms. The summed E-state index contributed by atoms with van der Waals surface area (Å²) in [6, 6.07) is 9.79.